The fourth-order valence-electron chi connectivity index (χ4n) is 4.14. The number of nitrogens with zero attached hydrogens (tertiary/aromatic N) is 1. The molecule has 0 bridgehead atoms. The molecular weight excluding hydrogens is 562 g/mol. The maximum atomic E-state index is 13.3. The number of sulfone groups is 1. The molecule has 1 atom stereocenters. The highest BCUT2D eigenvalue weighted by Crippen LogP contribution is 2.40. The van der Waals surface area contributed by atoms with E-state index in [2.05, 4.69) is 26.2 Å². The van der Waals surface area contributed by atoms with Gasteiger partial charge >= 0.3 is 6.03 Å². The summed E-state index contributed by atoms with van der Waals surface area (Å²) in [6, 6.07) is 9.44. The number of carbonyl (C=O) groups excluding carboxylic acids is 2. The predicted molar refractivity (Wildman–Crippen MR) is 155 cm³/mol. The second kappa shape index (κ2) is 11.9. The number of hydrogen-bond donors (Lipinski definition) is 4. The number of hydrogen-bond acceptors (Lipinski definition) is 9. The number of amides is 3. The summed E-state index contributed by atoms with van der Waals surface area (Å²) in [6.45, 7) is 10.2. The van der Waals surface area contributed by atoms with E-state index in [4.69, 9.17) is 16.3 Å². The maximum Gasteiger partial charge on any atom is 0.323 e. The summed E-state index contributed by atoms with van der Waals surface area (Å²) in [4.78, 5) is 28.5. The molecule has 1 fully saturated rings. The Kier molecular flexibility index (Phi) is 9.01. The van der Waals surface area contributed by atoms with Gasteiger partial charge in [-0.1, -0.05) is 37.2 Å². The second-order valence-electron chi connectivity index (χ2n) is 10.3. The number of imide groups is 1. The Labute approximate surface area is 238 Å². The molecule has 0 saturated carbocycles. The maximum absolute atomic E-state index is 13.3. The van der Waals surface area contributed by atoms with Crippen LogP contribution in [0.1, 0.15) is 38.1 Å². The summed E-state index contributed by atoms with van der Waals surface area (Å²) >= 11 is 7.51. The number of benzene rings is 2. The van der Waals surface area contributed by atoms with E-state index in [9.17, 15) is 18.0 Å². The minimum atomic E-state index is -3.63. The number of thioether (sulfide) groups is 1. The molecule has 212 valence electrons. The molecule has 39 heavy (non-hydrogen) atoms. The molecule has 2 aliphatic rings. The molecule has 2 aromatic rings. The van der Waals surface area contributed by atoms with E-state index in [-0.39, 0.29) is 21.5 Å². The van der Waals surface area contributed by atoms with E-state index in [1.54, 1.807) is 44.2 Å². The van der Waals surface area contributed by atoms with Gasteiger partial charge in [0.1, 0.15) is 0 Å². The zero-order chi connectivity index (χ0) is 28.4. The number of urea groups is 1. The molecule has 1 unspecified atom stereocenters. The van der Waals surface area contributed by atoms with Gasteiger partial charge in [-0.2, -0.15) is 0 Å². The van der Waals surface area contributed by atoms with Gasteiger partial charge < -0.3 is 25.6 Å². The zero-order valence-electron chi connectivity index (χ0n) is 22.3. The Balaban J connectivity index is 1.38. The van der Waals surface area contributed by atoms with Crippen LogP contribution >= 0.6 is 23.4 Å². The van der Waals surface area contributed by atoms with Crippen LogP contribution in [0.2, 0.25) is 5.02 Å². The molecule has 2 heterocycles. The molecule has 0 spiro atoms. The van der Waals surface area contributed by atoms with Crippen molar-refractivity contribution in [2.24, 2.45) is 0 Å². The Morgan fingerprint density at radius 3 is 2.59 bits per heavy atom. The van der Waals surface area contributed by atoms with Gasteiger partial charge in [-0.05, 0) is 50.2 Å². The predicted octanol–water partition coefficient (Wildman–Crippen LogP) is 3.67. The lowest BCUT2D eigenvalue weighted by Crippen LogP contribution is -2.45. The first-order chi connectivity index (χ1) is 18.4. The molecule has 2 aromatic carbocycles. The number of morpholine rings is 1. The van der Waals surface area contributed by atoms with Gasteiger partial charge in [0.15, 0.2) is 15.3 Å². The quantitative estimate of drug-likeness (QED) is 0.361. The average Bonchev–Trinajstić information content (AvgIpc) is 3.29. The van der Waals surface area contributed by atoms with E-state index in [0.717, 1.165) is 5.69 Å². The normalized spacial score (nSPS) is 17.5. The summed E-state index contributed by atoms with van der Waals surface area (Å²) in [5, 5.41) is 11.6. The van der Waals surface area contributed by atoms with Crippen LogP contribution in [0.4, 0.5) is 16.2 Å². The number of ether oxygens (including phenoxy) is 1. The van der Waals surface area contributed by atoms with Crippen molar-refractivity contribution < 1.29 is 22.7 Å². The van der Waals surface area contributed by atoms with Gasteiger partial charge in [0.05, 0.1) is 39.1 Å². The third-order valence-electron chi connectivity index (χ3n) is 6.52. The van der Waals surface area contributed by atoms with Crippen molar-refractivity contribution in [3.05, 3.63) is 47.0 Å². The lowest BCUT2D eigenvalue weighted by molar-refractivity contribution is 0.0964. The van der Waals surface area contributed by atoms with Gasteiger partial charge in [0, 0.05) is 36.3 Å². The van der Waals surface area contributed by atoms with Crippen LogP contribution in [-0.4, -0.2) is 69.5 Å². The molecule has 1 saturated heterocycles. The first-order valence-electron chi connectivity index (χ1n) is 12.7. The first-order valence-corrected chi connectivity index (χ1v) is 15.4. The number of anilines is 2. The summed E-state index contributed by atoms with van der Waals surface area (Å²) in [7, 11) is -3.63. The van der Waals surface area contributed by atoms with E-state index in [1.165, 1.54) is 11.8 Å². The van der Waals surface area contributed by atoms with Gasteiger partial charge in [-0.25, -0.2) is 13.2 Å². The standard InChI is InChI=1S/C26H34ClN5O5S2/c1-16(2)28-15-26(3,4)39(35,36)18-6-8-21-22(14-18)38-25(29-21)31-24(34)30-23(33)19-13-17(5-7-20(19)27)32-9-11-37-12-10-32/h5-8,13-14,16,25,28-29H,9-12,15H2,1-4H3,(H2,30,31,33,34). The van der Waals surface area contributed by atoms with Crippen LogP contribution in [0.3, 0.4) is 0 Å². The van der Waals surface area contributed by atoms with Gasteiger partial charge in [0.2, 0.25) is 0 Å². The smallest absolute Gasteiger partial charge is 0.323 e. The highest BCUT2D eigenvalue weighted by molar-refractivity contribution is 8.00. The minimum absolute atomic E-state index is 0.161. The van der Waals surface area contributed by atoms with E-state index < -0.39 is 32.0 Å². The van der Waals surface area contributed by atoms with E-state index in [0.29, 0.717) is 43.4 Å². The Bertz CT molecular complexity index is 1350. The number of carbonyl (C=O) groups is 2. The van der Waals surface area contributed by atoms with Crippen molar-refractivity contribution >= 4 is 56.5 Å². The Hall–Kier alpha value is -2.51. The number of halogens is 1. The number of rotatable bonds is 8. The molecule has 13 heteroatoms. The lowest BCUT2D eigenvalue weighted by Gasteiger charge is -2.29. The van der Waals surface area contributed by atoms with E-state index in [1.807, 2.05) is 19.9 Å². The largest absolute Gasteiger partial charge is 0.378 e. The molecular formula is C26H34ClN5O5S2. The molecule has 0 radical (unpaired) electrons. The van der Waals surface area contributed by atoms with Crippen molar-refractivity contribution in [3.63, 3.8) is 0 Å². The molecule has 2 aliphatic heterocycles. The van der Waals surface area contributed by atoms with Crippen LogP contribution in [0.25, 0.3) is 0 Å². The Morgan fingerprint density at radius 2 is 1.90 bits per heavy atom. The van der Waals surface area contributed by atoms with Gasteiger partial charge in [-0.15, -0.1) is 0 Å². The van der Waals surface area contributed by atoms with Crippen molar-refractivity contribution in [1.29, 1.82) is 0 Å². The van der Waals surface area contributed by atoms with Crippen molar-refractivity contribution in [1.82, 2.24) is 16.0 Å². The molecule has 4 rings (SSSR count). The zero-order valence-corrected chi connectivity index (χ0v) is 24.7. The average molecular weight is 596 g/mol. The number of nitrogens with one attached hydrogen (secondary N) is 4. The summed E-state index contributed by atoms with van der Waals surface area (Å²) in [5.41, 5.74) is 1.10. The van der Waals surface area contributed by atoms with Crippen LogP contribution in [0, 0.1) is 0 Å². The SMILES string of the molecule is CC(C)NCC(C)(C)S(=O)(=O)c1ccc2c(c1)SC(NC(=O)NC(=O)c1cc(N3CCOCC3)ccc1Cl)N2. The molecule has 4 N–H and O–H groups in total. The minimum Gasteiger partial charge on any atom is -0.378 e. The monoisotopic (exact) mass is 595 g/mol. The highest BCUT2D eigenvalue weighted by Gasteiger charge is 2.37. The van der Waals surface area contributed by atoms with Crippen molar-refractivity contribution in [2.75, 3.05) is 43.1 Å². The third-order valence-corrected chi connectivity index (χ3v) is 10.4. The summed E-state index contributed by atoms with van der Waals surface area (Å²) in [6.07, 6.45) is 0. The lowest BCUT2D eigenvalue weighted by atomic mass is 10.1. The molecule has 0 aliphatic carbocycles. The van der Waals surface area contributed by atoms with Crippen LogP contribution < -0.4 is 26.2 Å². The van der Waals surface area contributed by atoms with Gasteiger partial charge in [0.25, 0.3) is 5.91 Å². The van der Waals surface area contributed by atoms with Crippen LogP contribution in [0.5, 0.6) is 0 Å². The van der Waals surface area contributed by atoms with Crippen molar-refractivity contribution in [2.45, 2.75) is 53.8 Å². The molecule has 10 nitrogen and oxygen atoms in total. The molecule has 3 amide bonds. The summed E-state index contributed by atoms with van der Waals surface area (Å²) in [5.74, 6) is -0.626. The van der Waals surface area contributed by atoms with E-state index >= 15 is 0 Å². The fourth-order valence-corrected chi connectivity index (χ4v) is 6.91. The van der Waals surface area contributed by atoms with Crippen molar-refractivity contribution in [3.8, 4) is 0 Å². The van der Waals surface area contributed by atoms with Gasteiger partial charge in [-0.3, -0.25) is 10.1 Å². The van der Waals surface area contributed by atoms with Crippen LogP contribution in [-0.2, 0) is 14.6 Å². The third kappa shape index (κ3) is 6.80. The number of fused-ring (bicyclic) bond motifs is 1. The highest BCUT2D eigenvalue weighted by atomic mass is 35.5. The topological polar surface area (TPSA) is 129 Å². The van der Waals surface area contributed by atoms with Crippen LogP contribution in [0.15, 0.2) is 46.2 Å². The Morgan fingerprint density at radius 1 is 1.18 bits per heavy atom. The first kappa shape index (κ1) is 29.5. The molecule has 0 aromatic heterocycles. The fraction of sp³-hybridized carbons (Fsp3) is 0.462. The summed E-state index contributed by atoms with van der Waals surface area (Å²) < 4.78 is 31.0. The second-order valence-corrected chi connectivity index (χ2v) is 14.4.